The molecule has 2 N–H and O–H groups in total. The molecule has 3 aromatic rings. The highest BCUT2D eigenvalue weighted by molar-refractivity contribution is 6.33. The van der Waals surface area contributed by atoms with Crippen molar-refractivity contribution in [2.24, 2.45) is 5.73 Å². The molecule has 0 saturated heterocycles. The van der Waals surface area contributed by atoms with Gasteiger partial charge in [0.25, 0.3) is 0 Å². The molecule has 2 heterocycles. The molecular formula is C16H15ClN4. The third-order valence-electron chi connectivity index (χ3n) is 3.18. The predicted molar refractivity (Wildman–Crippen MR) is 84.6 cm³/mol. The summed E-state index contributed by atoms with van der Waals surface area (Å²) < 4.78 is 1.81. The molecule has 0 spiro atoms. The Balaban J connectivity index is 2.17. The van der Waals surface area contributed by atoms with E-state index in [1.54, 1.807) is 6.20 Å². The average molecular weight is 299 g/mol. The van der Waals surface area contributed by atoms with E-state index in [0.29, 0.717) is 11.6 Å². The van der Waals surface area contributed by atoms with Crippen LogP contribution >= 0.6 is 11.6 Å². The maximum Gasteiger partial charge on any atom is 0.153 e. The fourth-order valence-corrected chi connectivity index (χ4v) is 2.45. The van der Waals surface area contributed by atoms with Crippen LogP contribution in [0.5, 0.6) is 0 Å². The van der Waals surface area contributed by atoms with E-state index >= 15 is 0 Å². The van der Waals surface area contributed by atoms with Gasteiger partial charge < -0.3 is 5.73 Å². The largest absolute Gasteiger partial charge is 0.330 e. The van der Waals surface area contributed by atoms with E-state index in [4.69, 9.17) is 17.3 Å². The molecule has 1 aromatic carbocycles. The van der Waals surface area contributed by atoms with Crippen molar-refractivity contribution in [1.29, 1.82) is 0 Å². The first kappa shape index (κ1) is 13.8. The van der Waals surface area contributed by atoms with E-state index in [0.717, 1.165) is 29.2 Å². The summed E-state index contributed by atoms with van der Waals surface area (Å²) in [6.45, 7) is 0.557. The predicted octanol–water partition coefficient (Wildman–Crippen LogP) is 3.09. The molecule has 0 radical (unpaired) electrons. The van der Waals surface area contributed by atoms with Gasteiger partial charge in [-0.05, 0) is 30.8 Å². The maximum atomic E-state index is 6.32. The van der Waals surface area contributed by atoms with Gasteiger partial charge in [-0.3, -0.25) is 0 Å². The number of aromatic nitrogens is 3. The first-order valence-electron chi connectivity index (χ1n) is 6.75. The summed E-state index contributed by atoms with van der Waals surface area (Å²) in [6.07, 6.45) is 2.47. The van der Waals surface area contributed by atoms with Gasteiger partial charge in [-0.2, -0.15) is 5.10 Å². The van der Waals surface area contributed by atoms with E-state index in [1.165, 1.54) is 0 Å². The minimum absolute atomic E-state index is 0.557. The van der Waals surface area contributed by atoms with Crippen LogP contribution in [0.15, 0.2) is 54.7 Å². The van der Waals surface area contributed by atoms with Crippen molar-refractivity contribution in [1.82, 2.24) is 14.8 Å². The van der Waals surface area contributed by atoms with Crippen LogP contribution in [0.3, 0.4) is 0 Å². The summed E-state index contributed by atoms with van der Waals surface area (Å²) in [4.78, 5) is 4.36. The number of hydrogen-bond acceptors (Lipinski definition) is 3. The molecule has 106 valence electrons. The fraction of sp³-hybridized carbons (Fsp3) is 0.125. The van der Waals surface area contributed by atoms with Gasteiger partial charge in [-0.15, -0.1) is 0 Å². The molecular weight excluding hydrogens is 284 g/mol. The zero-order chi connectivity index (χ0) is 14.7. The van der Waals surface area contributed by atoms with Gasteiger partial charge >= 0.3 is 0 Å². The van der Waals surface area contributed by atoms with Gasteiger partial charge in [0.1, 0.15) is 0 Å². The molecule has 0 unspecified atom stereocenters. The third-order valence-corrected chi connectivity index (χ3v) is 3.51. The van der Waals surface area contributed by atoms with Crippen LogP contribution in [0.4, 0.5) is 0 Å². The molecule has 0 fully saturated rings. The van der Waals surface area contributed by atoms with Crippen molar-refractivity contribution in [2.45, 2.75) is 6.42 Å². The van der Waals surface area contributed by atoms with Crippen molar-refractivity contribution < 1.29 is 0 Å². The lowest BCUT2D eigenvalue weighted by atomic mass is 10.1. The highest BCUT2D eigenvalue weighted by Gasteiger charge is 2.14. The summed E-state index contributed by atoms with van der Waals surface area (Å²) >= 11 is 6.32. The Morgan fingerprint density at radius 1 is 1.10 bits per heavy atom. The average Bonchev–Trinajstić information content (AvgIpc) is 2.93. The molecule has 0 bridgehead atoms. The molecule has 3 rings (SSSR count). The Kier molecular flexibility index (Phi) is 3.99. The number of nitrogens with two attached hydrogens (primary N) is 1. The van der Waals surface area contributed by atoms with Gasteiger partial charge in [-0.25, -0.2) is 9.67 Å². The van der Waals surface area contributed by atoms with Crippen LogP contribution in [0.1, 0.15) is 5.69 Å². The fourth-order valence-electron chi connectivity index (χ4n) is 2.21. The van der Waals surface area contributed by atoms with E-state index in [9.17, 15) is 0 Å². The molecule has 5 heteroatoms. The van der Waals surface area contributed by atoms with Gasteiger partial charge in [0, 0.05) is 23.2 Å². The van der Waals surface area contributed by atoms with Crippen LogP contribution in [0.25, 0.3) is 17.1 Å². The lowest BCUT2D eigenvalue weighted by Crippen LogP contribution is -2.05. The summed E-state index contributed by atoms with van der Waals surface area (Å²) in [7, 11) is 0. The second kappa shape index (κ2) is 6.08. The topological polar surface area (TPSA) is 56.7 Å². The van der Waals surface area contributed by atoms with Crippen molar-refractivity contribution in [3.05, 3.63) is 65.4 Å². The molecule has 0 aliphatic heterocycles. The lowest BCUT2D eigenvalue weighted by Gasteiger charge is -2.07. The summed E-state index contributed by atoms with van der Waals surface area (Å²) in [5.74, 6) is 0.760. The molecule has 21 heavy (non-hydrogen) atoms. The van der Waals surface area contributed by atoms with Crippen LogP contribution in [-0.4, -0.2) is 21.3 Å². The SMILES string of the molecule is NCCc1cc(-c2ccccc2Cl)n(-c2ccccn2)n1. The third kappa shape index (κ3) is 2.82. The Hall–Kier alpha value is -2.17. The highest BCUT2D eigenvalue weighted by Crippen LogP contribution is 2.29. The van der Waals surface area contributed by atoms with E-state index < -0.39 is 0 Å². The number of halogens is 1. The normalized spacial score (nSPS) is 10.8. The Bertz CT molecular complexity index is 737. The van der Waals surface area contributed by atoms with Crippen molar-refractivity contribution >= 4 is 11.6 Å². The molecule has 0 atom stereocenters. The van der Waals surface area contributed by atoms with Gasteiger partial charge in [-0.1, -0.05) is 35.9 Å². The second-order valence-corrected chi connectivity index (χ2v) is 5.05. The molecule has 4 nitrogen and oxygen atoms in total. The van der Waals surface area contributed by atoms with Crippen LogP contribution < -0.4 is 5.73 Å². The smallest absolute Gasteiger partial charge is 0.153 e. The van der Waals surface area contributed by atoms with Crippen LogP contribution in [0, 0.1) is 0 Å². The van der Waals surface area contributed by atoms with Gasteiger partial charge in [0.2, 0.25) is 0 Å². The molecule has 2 aromatic heterocycles. The molecule has 0 aliphatic rings. The Morgan fingerprint density at radius 3 is 2.62 bits per heavy atom. The Morgan fingerprint density at radius 2 is 1.90 bits per heavy atom. The minimum Gasteiger partial charge on any atom is -0.330 e. The zero-order valence-corrected chi connectivity index (χ0v) is 12.2. The second-order valence-electron chi connectivity index (χ2n) is 4.64. The Labute approximate surface area is 128 Å². The van der Waals surface area contributed by atoms with Crippen LogP contribution in [0.2, 0.25) is 5.02 Å². The molecule has 0 saturated carbocycles. The molecule has 0 amide bonds. The summed E-state index contributed by atoms with van der Waals surface area (Å²) in [5.41, 5.74) is 8.42. The van der Waals surface area contributed by atoms with E-state index in [1.807, 2.05) is 53.2 Å². The van der Waals surface area contributed by atoms with E-state index in [-0.39, 0.29) is 0 Å². The number of benzene rings is 1. The quantitative estimate of drug-likeness (QED) is 0.805. The highest BCUT2D eigenvalue weighted by atomic mass is 35.5. The molecule has 0 aliphatic carbocycles. The summed E-state index contributed by atoms with van der Waals surface area (Å²) in [6, 6.07) is 15.5. The number of pyridine rings is 1. The maximum absolute atomic E-state index is 6.32. The number of rotatable bonds is 4. The van der Waals surface area contributed by atoms with Crippen LogP contribution in [-0.2, 0) is 6.42 Å². The van der Waals surface area contributed by atoms with E-state index in [2.05, 4.69) is 10.1 Å². The summed E-state index contributed by atoms with van der Waals surface area (Å²) in [5, 5.41) is 5.29. The zero-order valence-electron chi connectivity index (χ0n) is 11.4. The van der Waals surface area contributed by atoms with Gasteiger partial charge in [0.05, 0.1) is 11.4 Å². The van der Waals surface area contributed by atoms with Crippen molar-refractivity contribution in [2.75, 3.05) is 6.54 Å². The number of nitrogens with zero attached hydrogens (tertiary/aromatic N) is 3. The van der Waals surface area contributed by atoms with Crippen molar-refractivity contribution in [3.8, 4) is 17.1 Å². The monoisotopic (exact) mass is 298 g/mol. The van der Waals surface area contributed by atoms with Crippen molar-refractivity contribution in [3.63, 3.8) is 0 Å². The number of hydrogen-bond donors (Lipinski definition) is 1. The minimum atomic E-state index is 0.557. The standard InChI is InChI=1S/C16H15ClN4/c17-14-6-2-1-5-13(14)15-11-12(8-9-18)20-21(15)16-7-3-4-10-19-16/h1-7,10-11H,8-9,18H2. The first-order valence-corrected chi connectivity index (χ1v) is 7.12. The van der Waals surface area contributed by atoms with Gasteiger partial charge in [0.15, 0.2) is 5.82 Å². The lowest BCUT2D eigenvalue weighted by molar-refractivity contribution is 0.806. The first-order chi connectivity index (χ1) is 10.3.